The SMILES string of the molecule is Nc1nc(C2CCOC2)nc(-c2ccccc2)c1I. The highest BCUT2D eigenvalue weighted by atomic mass is 127. The molecule has 1 saturated heterocycles. The second-order valence-corrected chi connectivity index (χ2v) is 5.63. The topological polar surface area (TPSA) is 61.0 Å². The van der Waals surface area contributed by atoms with Crippen molar-refractivity contribution in [1.29, 1.82) is 0 Å². The fraction of sp³-hybridized carbons (Fsp3) is 0.286. The molecular formula is C14H14IN3O. The Labute approximate surface area is 125 Å². The number of nitrogens with zero attached hydrogens (tertiary/aromatic N) is 2. The van der Waals surface area contributed by atoms with E-state index in [1.165, 1.54) is 0 Å². The number of nitrogens with two attached hydrogens (primary N) is 1. The largest absolute Gasteiger partial charge is 0.383 e. The Hall–Kier alpha value is -1.21. The van der Waals surface area contributed by atoms with Gasteiger partial charge in [-0.15, -0.1) is 0 Å². The Kier molecular flexibility index (Phi) is 3.65. The lowest BCUT2D eigenvalue weighted by Gasteiger charge is -2.12. The van der Waals surface area contributed by atoms with Crippen molar-refractivity contribution < 1.29 is 4.74 Å². The van der Waals surface area contributed by atoms with Crippen molar-refractivity contribution in [1.82, 2.24) is 9.97 Å². The van der Waals surface area contributed by atoms with E-state index < -0.39 is 0 Å². The van der Waals surface area contributed by atoms with Gasteiger partial charge in [0.1, 0.15) is 11.6 Å². The van der Waals surface area contributed by atoms with Crippen LogP contribution in [-0.4, -0.2) is 23.2 Å². The van der Waals surface area contributed by atoms with Crippen molar-refractivity contribution >= 4 is 28.4 Å². The number of hydrogen-bond acceptors (Lipinski definition) is 4. The van der Waals surface area contributed by atoms with Crippen molar-refractivity contribution in [3.8, 4) is 11.3 Å². The van der Waals surface area contributed by atoms with Crippen molar-refractivity contribution in [2.75, 3.05) is 18.9 Å². The number of anilines is 1. The molecule has 2 aromatic rings. The fourth-order valence-corrected chi connectivity index (χ4v) is 2.74. The third kappa shape index (κ3) is 2.57. The molecule has 1 unspecified atom stereocenters. The van der Waals surface area contributed by atoms with Crippen molar-refractivity contribution in [3.05, 3.63) is 39.7 Å². The molecule has 5 heteroatoms. The third-order valence-electron chi connectivity index (χ3n) is 3.24. The molecule has 0 saturated carbocycles. The zero-order chi connectivity index (χ0) is 13.2. The summed E-state index contributed by atoms with van der Waals surface area (Å²) in [7, 11) is 0. The highest BCUT2D eigenvalue weighted by Crippen LogP contribution is 2.30. The predicted molar refractivity (Wildman–Crippen MR) is 82.8 cm³/mol. The van der Waals surface area contributed by atoms with Gasteiger partial charge in [0.25, 0.3) is 0 Å². The Morgan fingerprint density at radius 2 is 2.00 bits per heavy atom. The molecule has 98 valence electrons. The van der Waals surface area contributed by atoms with Gasteiger partial charge in [-0.2, -0.15) is 0 Å². The Morgan fingerprint density at radius 3 is 2.68 bits per heavy atom. The van der Waals surface area contributed by atoms with Crippen LogP contribution < -0.4 is 5.73 Å². The highest BCUT2D eigenvalue weighted by Gasteiger charge is 2.23. The van der Waals surface area contributed by atoms with Gasteiger partial charge < -0.3 is 10.5 Å². The summed E-state index contributed by atoms with van der Waals surface area (Å²) >= 11 is 2.21. The van der Waals surface area contributed by atoms with E-state index >= 15 is 0 Å². The van der Waals surface area contributed by atoms with Crippen LogP contribution in [0.4, 0.5) is 5.82 Å². The molecule has 0 aliphatic carbocycles. The molecule has 19 heavy (non-hydrogen) atoms. The summed E-state index contributed by atoms with van der Waals surface area (Å²) in [6.07, 6.45) is 0.967. The zero-order valence-electron chi connectivity index (χ0n) is 10.3. The molecule has 1 aromatic carbocycles. The first-order valence-corrected chi connectivity index (χ1v) is 7.29. The lowest BCUT2D eigenvalue weighted by Crippen LogP contribution is -2.09. The van der Waals surface area contributed by atoms with Crippen LogP contribution in [0.3, 0.4) is 0 Å². The summed E-state index contributed by atoms with van der Waals surface area (Å²) in [6.45, 7) is 1.47. The first kappa shape index (κ1) is 12.8. The van der Waals surface area contributed by atoms with Gasteiger partial charge in [-0.1, -0.05) is 30.3 Å². The molecule has 4 nitrogen and oxygen atoms in total. The molecule has 2 heterocycles. The second-order valence-electron chi connectivity index (χ2n) is 4.56. The van der Waals surface area contributed by atoms with Crippen molar-refractivity contribution in [2.45, 2.75) is 12.3 Å². The fourth-order valence-electron chi connectivity index (χ4n) is 2.19. The summed E-state index contributed by atoms with van der Waals surface area (Å²) in [4.78, 5) is 9.13. The van der Waals surface area contributed by atoms with Crippen molar-refractivity contribution in [3.63, 3.8) is 0 Å². The minimum atomic E-state index is 0.266. The summed E-state index contributed by atoms with van der Waals surface area (Å²) < 4.78 is 6.31. The second kappa shape index (κ2) is 5.42. The Morgan fingerprint density at radius 1 is 1.21 bits per heavy atom. The van der Waals surface area contributed by atoms with Gasteiger partial charge in [0.15, 0.2) is 0 Å². The van der Waals surface area contributed by atoms with E-state index in [-0.39, 0.29) is 5.92 Å². The number of rotatable bonds is 2. The number of halogens is 1. The molecule has 2 N–H and O–H groups in total. The van der Waals surface area contributed by atoms with E-state index in [1.807, 2.05) is 30.3 Å². The van der Waals surface area contributed by atoms with Crippen LogP contribution >= 0.6 is 22.6 Å². The van der Waals surface area contributed by atoms with Crippen molar-refractivity contribution in [2.24, 2.45) is 0 Å². The van der Waals surface area contributed by atoms with Crippen LogP contribution in [0.15, 0.2) is 30.3 Å². The third-order valence-corrected chi connectivity index (χ3v) is 4.30. The standard InChI is InChI=1S/C14H14IN3O/c15-11-12(9-4-2-1-3-5-9)17-14(18-13(11)16)10-6-7-19-8-10/h1-5,10H,6-8H2,(H2,16,17,18). The molecule has 1 aliphatic heterocycles. The quantitative estimate of drug-likeness (QED) is 0.830. The minimum Gasteiger partial charge on any atom is -0.383 e. The summed E-state index contributed by atoms with van der Waals surface area (Å²) in [5.41, 5.74) is 8.01. The average molecular weight is 367 g/mol. The Balaban J connectivity index is 2.08. The molecule has 1 aromatic heterocycles. The predicted octanol–water partition coefficient (Wildman–Crippen LogP) is 2.83. The minimum absolute atomic E-state index is 0.266. The number of hydrogen-bond donors (Lipinski definition) is 1. The maximum atomic E-state index is 6.03. The summed E-state index contributed by atoms with van der Waals surface area (Å²) in [6, 6.07) is 10.1. The van der Waals surface area contributed by atoms with Gasteiger partial charge in [0.05, 0.1) is 15.9 Å². The normalized spacial score (nSPS) is 18.7. The number of ether oxygens (including phenoxy) is 1. The molecule has 3 rings (SSSR count). The molecule has 0 spiro atoms. The van der Waals surface area contributed by atoms with Crippen LogP contribution in [0.1, 0.15) is 18.2 Å². The number of aromatic nitrogens is 2. The number of nitrogen functional groups attached to an aromatic ring is 1. The molecule has 0 radical (unpaired) electrons. The first-order valence-electron chi connectivity index (χ1n) is 6.22. The summed E-state index contributed by atoms with van der Waals surface area (Å²) in [5.74, 6) is 1.62. The molecule has 1 atom stereocenters. The summed E-state index contributed by atoms with van der Waals surface area (Å²) in [5, 5.41) is 0. The number of benzene rings is 1. The maximum absolute atomic E-state index is 6.03. The van der Waals surface area contributed by atoms with E-state index in [4.69, 9.17) is 15.5 Å². The van der Waals surface area contributed by atoms with E-state index in [0.717, 1.165) is 33.7 Å². The van der Waals surface area contributed by atoms with Crippen LogP contribution in [0.5, 0.6) is 0 Å². The van der Waals surface area contributed by atoms with Crippen LogP contribution in [-0.2, 0) is 4.74 Å². The monoisotopic (exact) mass is 367 g/mol. The van der Waals surface area contributed by atoms with Crippen LogP contribution in [0.2, 0.25) is 0 Å². The van der Waals surface area contributed by atoms with Gasteiger partial charge in [0.2, 0.25) is 0 Å². The van der Waals surface area contributed by atoms with Gasteiger partial charge in [0, 0.05) is 18.1 Å². The molecule has 0 amide bonds. The van der Waals surface area contributed by atoms with Gasteiger partial charge in [-0.3, -0.25) is 0 Å². The highest BCUT2D eigenvalue weighted by molar-refractivity contribution is 14.1. The Bertz CT molecular complexity index is 583. The zero-order valence-corrected chi connectivity index (χ0v) is 12.5. The maximum Gasteiger partial charge on any atom is 0.141 e. The van der Waals surface area contributed by atoms with Crippen LogP contribution in [0.25, 0.3) is 11.3 Å². The van der Waals surface area contributed by atoms with Gasteiger partial charge >= 0.3 is 0 Å². The molecule has 1 fully saturated rings. The molecule has 1 aliphatic rings. The van der Waals surface area contributed by atoms with E-state index in [0.29, 0.717) is 12.4 Å². The van der Waals surface area contributed by atoms with E-state index in [9.17, 15) is 0 Å². The lowest BCUT2D eigenvalue weighted by molar-refractivity contribution is 0.193. The van der Waals surface area contributed by atoms with E-state index in [2.05, 4.69) is 27.6 Å². The van der Waals surface area contributed by atoms with Crippen LogP contribution in [0, 0.1) is 3.57 Å². The van der Waals surface area contributed by atoms with Gasteiger partial charge in [-0.05, 0) is 29.0 Å². The molecular weight excluding hydrogens is 353 g/mol. The smallest absolute Gasteiger partial charge is 0.141 e. The average Bonchev–Trinajstić information content (AvgIpc) is 2.97. The van der Waals surface area contributed by atoms with E-state index in [1.54, 1.807) is 0 Å². The first-order chi connectivity index (χ1) is 9.25. The van der Waals surface area contributed by atoms with Gasteiger partial charge in [-0.25, -0.2) is 9.97 Å². The lowest BCUT2D eigenvalue weighted by atomic mass is 10.1. The molecule has 0 bridgehead atoms.